The highest BCUT2D eigenvalue weighted by Crippen LogP contribution is 2.25. The quantitative estimate of drug-likeness (QED) is 0.683. The Labute approximate surface area is 181 Å². The summed E-state index contributed by atoms with van der Waals surface area (Å²) in [5, 5.41) is 2.47. The average Bonchev–Trinajstić information content (AvgIpc) is 2.74. The van der Waals surface area contributed by atoms with Gasteiger partial charge in [0.25, 0.3) is 5.91 Å². The highest BCUT2D eigenvalue weighted by atomic mass is 32.2. The lowest BCUT2D eigenvalue weighted by molar-refractivity contribution is -0.123. The van der Waals surface area contributed by atoms with Crippen molar-refractivity contribution in [1.82, 2.24) is 4.31 Å². The molecule has 0 aromatic heterocycles. The van der Waals surface area contributed by atoms with E-state index >= 15 is 0 Å². The summed E-state index contributed by atoms with van der Waals surface area (Å²) in [5.74, 6) is -1.96. The van der Waals surface area contributed by atoms with Gasteiger partial charge in [0.15, 0.2) is 6.10 Å². The molecule has 0 radical (unpaired) electrons. The molecular weight excluding hydrogens is 423 g/mol. The third kappa shape index (κ3) is 5.48. The number of carbonyl (C=O) groups is 2. The van der Waals surface area contributed by atoms with E-state index < -0.39 is 33.8 Å². The number of hydrogen-bond donors (Lipinski definition) is 1. The number of nitrogens with zero attached hydrogens (tertiary/aromatic N) is 1. The molecule has 0 spiro atoms. The number of ether oxygens (including phenoxy) is 1. The fourth-order valence-corrected chi connectivity index (χ4v) is 5.11. The first-order valence-electron chi connectivity index (χ1n) is 10.1. The van der Waals surface area contributed by atoms with Gasteiger partial charge >= 0.3 is 5.97 Å². The van der Waals surface area contributed by atoms with Crippen LogP contribution in [0, 0.1) is 12.7 Å². The van der Waals surface area contributed by atoms with Gasteiger partial charge in [-0.05, 0) is 62.6 Å². The Morgan fingerprint density at radius 3 is 2.48 bits per heavy atom. The normalized spacial score (nSPS) is 15.8. The fourth-order valence-electron chi connectivity index (χ4n) is 3.34. The first-order valence-corrected chi connectivity index (χ1v) is 11.5. The Bertz CT molecular complexity index is 1080. The first kappa shape index (κ1) is 22.9. The standard InChI is InChI=1S/C22H25FN2O5S/c1-15-9-10-17(13-20(15)31(28,29)25-11-4-3-5-12-25)22(27)30-16(2)21(26)24-19-8-6-7-18(23)14-19/h6-10,13-14,16H,3-5,11-12H2,1-2H3,(H,24,26). The number of nitrogens with one attached hydrogen (secondary N) is 1. The molecule has 3 rings (SSSR count). The van der Waals surface area contributed by atoms with Gasteiger partial charge in [-0.25, -0.2) is 17.6 Å². The second-order valence-corrected chi connectivity index (χ2v) is 9.40. The zero-order valence-corrected chi connectivity index (χ0v) is 18.2. The molecule has 0 bridgehead atoms. The topological polar surface area (TPSA) is 92.8 Å². The number of piperidine rings is 1. The monoisotopic (exact) mass is 448 g/mol. The molecule has 31 heavy (non-hydrogen) atoms. The molecule has 166 valence electrons. The Kier molecular flexibility index (Phi) is 7.07. The third-order valence-corrected chi connectivity index (χ3v) is 7.14. The van der Waals surface area contributed by atoms with Crippen molar-refractivity contribution in [3.8, 4) is 0 Å². The number of hydrogen-bond acceptors (Lipinski definition) is 5. The largest absolute Gasteiger partial charge is 0.449 e. The molecule has 1 atom stereocenters. The lowest BCUT2D eigenvalue weighted by Crippen LogP contribution is -2.36. The molecular formula is C22H25FN2O5S. The van der Waals surface area contributed by atoms with Gasteiger partial charge in [0.2, 0.25) is 10.0 Å². The summed E-state index contributed by atoms with van der Waals surface area (Å²) in [4.78, 5) is 24.9. The van der Waals surface area contributed by atoms with Gasteiger partial charge in [-0.1, -0.05) is 18.6 Å². The number of benzene rings is 2. The summed E-state index contributed by atoms with van der Waals surface area (Å²) in [7, 11) is -3.73. The molecule has 1 aliphatic heterocycles. The molecule has 1 saturated heterocycles. The van der Waals surface area contributed by atoms with E-state index in [1.54, 1.807) is 13.0 Å². The lowest BCUT2D eigenvalue weighted by atomic mass is 10.1. The van der Waals surface area contributed by atoms with Crippen molar-refractivity contribution < 1.29 is 27.1 Å². The smallest absolute Gasteiger partial charge is 0.338 e. The molecule has 1 N–H and O–H groups in total. The van der Waals surface area contributed by atoms with Crippen LogP contribution < -0.4 is 5.32 Å². The van der Waals surface area contributed by atoms with Crippen LogP contribution in [0.2, 0.25) is 0 Å². The second kappa shape index (κ2) is 9.57. The number of esters is 1. The zero-order valence-electron chi connectivity index (χ0n) is 17.4. The van der Waals surface area contributed by atoms with Crippen LogP contribution in [-0.2, 0) is 19.6 Å². The maximum absolute atomic E-state index is 13.3. The van der Waals surface area contributed by atoms with Gasteiger partial charge in [0, 0.05) is 18.8 Å². The summed E-state index contributed by atoms with van der Waals surface area (Å²) < 4.78 is 45.9. The van der Waals surface area contributed by atoms with Crippen molar-refractivity contribution in [2.75, 3.05) is 18.4 Å². The Hall–Kier alpha value is -2.78. The number of rotatable bonds is 6. The zero-order chi connectivity index (χ0) is 22.6. The molecule has 1 amide bonds. The van der Waals surface area contributed by atoms with Crippen molar-refractivity contribution >= 4 is 27.6 Å². The van der Waals surface area contributed by atoms with E-state index in [1.165, 1.54) is 41.6 Å². The summed E-state index contributed by atoms with van der Waals surface area (Å²) >= 11 is 0. The van der Waals surface area contributed by atoms with Crippen LogP contribution in [0.4, 0.5) is 10.1 Å². The van der Waals surface area contributed by atoms with Crippen molar-refractivity contribution in [2.24, 2.45) is 0 Å². The Morgan fingerprint density at radius 1 is 1.10 bits per heavy atom. The van der Waals surface area contributed by atoms with Gasteiger partial charge in [-0.3, -0.25) is 4.79 Å². The molecule has 1 heterocycles. The number of aryl methyl sites for hydroxylation is 1. The van der Waals surface area contributed by atoms with Crippen LogP contribution in [0.5, 0.6) is 0 Å². The van der Waals surface area contributed by atoms with Gasteiger partial charge in [0.1, 0.15) is 5.82 Å². The van der Waals surface area contributed by atoms with Crippen LogP contribution in [0.15, 0.2) is 47.4 Å². The minimum atomic E-state index is -3.73. The van der Waals surface area contributed by atoms with Crippen LogP contribution >= 0.6 is 0 Å². The van der Waals surface area contributed by atoms with Crippen molar-refractivity contribution in [3.05, 3.63) is 59.4 Å². The number of sulfonamides is 1. The van der Waals surface area contributed by atoms with Crippen molar-refractivity contribution in [1.29, 1.82) is 0 Å². The summed E-state index contributed by atoms with van der Waals surface area (Å²) in [5.41, 5.74) is 0.795. The van der Waals surface area contributed by atoms with E-state index in [4.69, 9.17) is 4.74 Å². The van der Waals surface area contributed by atoms with Crippen LogP contribution in [0.25, 0.3) is 0 Å². The molecule has 1 aliphatic rings. The van der Waals surface area contributed by atoms with Crippen LogP contribution in [0.3, 0.4) is 0 Å². The Balaban J connectivity index is 1.73. The predicted molar refractivity (Wildman–Crippen MR) is 114 cm³/mol. The minimum absolute atomic E-state index is 0.0339. The van der Waals surface area contributed by atoms with E-state index in [1.807, 2.05) is 0 Å². The van der Waals surface area contributed by atoms with Crippen molar-refractivity contribution in [3.63, 3.8) is 0 Å². The maximum Gasteiger partial charge on any atom is 0.338 e. The molecule has 2 aromatic rings. The van der Waals surface area contributed by atoms with Crippen molar-refractivity contribution in [2.45, 2.75) is 44.1 Å². The highest BCUT2D eigenvalue weighted by molar-refractivity contribution is 7.89. The third-order valence-electron chi connectivity index (χ3n) is 5.10. The molecule has 2 aromatic carbocycles. The van der Waals surface area contributed by atoms with Gasteiger partial charge in [-0.2, -0.15) is 4.31 Å². The molecule has 7 nitrogen and oxygen atoms in total. The second-order valence-electron chi connectivity index (χ2n) is 7.49. The molecule has 1 fully saturated rings. The maximum atomic E-state index is 13.3. The minimum Gasteiger partial charge on any atom is -0.449 e. The summed E-state index contributed by atoms with van der Waals surface area (Å²) in [6.07, 6.45) is 1.43. The number of anilines is 1. The highest BCUT2D eigenvalue weighted by Gasteiger charge is 2.29. The first-order chi connectivity index (χ1) is 14.7. The number of halogens is 1. The molecule has 9 heteroatoms. The van der Waals surface area contributed by atoms with Gasteiger partial charge in [-0.15, -0.1) is 0 Å². The molecule has 0 saturated carbocycles. The number of carbonyl (C=O) groups excluding carboxylic acids is 2. The van der Waals surface area contributed by atoms with E-state index in [0.717, 1.165) is 25.3 Å². The predicted octanol–water partition coefficient (Wildman–Crippen LogP) is 3.49. The summed E-state index contributed by atoms with van der Waals surface area (Å²) in [6, 6.07) is 9.63. The fraction of sp³-hybridized carbons (Fsp3) is 0.364. The molecule has 0 aliphatic carbocycles. The average molecular weight is 449 g/mol. The van der Waals surface area contributed by atoms with Crippen LogP contribution in [-0.4, -0.2) is 43.8 Å². The van der Waals surface area contributed by atoms with E-state index in [-0.39, 0.29) is 16.1 Å². The Morgan fingerprint density at radius 2 is 1.81 bits per heavy atom. The number of amides is 1. The van der Waals surface area contributed by atoms with Crippen LogP contribution in [0.1, 0.15) is 42.1 Å². The van der Waals surface area contributed by atoms with Gasteiger partial charge in [0.05, 0.1) is 10.5 Å². The summed E-state index contributed by atoms with van der Waals surface area (Å²) in [6.45, 7) is 3.95. The SMILES string of the molecule is Cc1ccc(C(=O)OC(C)C(=O)Nc2cccc(F)c2)cc1S(=O)(=O)N1CCCCC1. The lowest BCUT2D eigenvalue weighted by Gasteiger charge is -2.26. The van der Waals surface area contributed by atoms with E-state index in [9.17, 15) is 22.4 Å². The van der Waals surface area contributed by atoms with Gasteiger partial charge < -0.3 is 10.1 Å². The molecule has 1 unspecified atom stereocenters. The van der Waals surface area contributed by atoms with E-state index in [0.29, 0.717) is 18.7 Å². The van der Waals surface area contributed by atoms with E-state index in [2.05, 4.69) is 5.32 Å².